The van der Waals surface area contributed by atoms with Crippen molar-refractivity contribution in [2.45, 2.75) is 19.5 Å². The number of hydrogen-bond acceptors (Lipinski definition) is 3. The number of thioether (sulfide) groups is 1. The van der Waals surface area contributed by atoms with Gasteiger partial charge in [-0.2, -0.15) is 11.3 Å². The van der Waals surface area contributed by atoms with Crippen molar-refractivity contribution in [3.05, 3.63) is 22.4 Å². The maximum Gasteiger partial charge on any atom is 0.157 e. The third-order valence-electron chi connectivity index (χ3n) is 1.83. The Morgan fingerprint density at radius 1 is 1.69 bits per heavy atom. The van der Waals surface area contributed by atoms with Crippen LogP contribution in [-0.4, -0.2) is 17.0 Å². The third-order valence-corrected chi connectivity index (χ3v) is 3.74. The largest absolute Gasteiger partial charge is 0.362 e. The quantitative estimate of drug-likeness (QED) is 0.813. The topological polar surface area (TPSA) is 24.4 Å². The molecule has 0 spiro atoms. The van der Waals surface area contributed by atoms with Gasteiger partial charge in [0.05, 0.1) is 6.54 Å². The van der Waals surface area contributed by atoms with Crippen LogP contribution in [0.1, 0.15) is 12.5 Å². The van der Waals surface area contributed by atoms with Crippen LogP contribution < -0.4 is 5.32 Å². The van der Waals surface area contributed by atoms with Gasteiger partial charge >= 0.3 is 0 Å². The van der Waals surface area contributed by atoms with Crippen LogP contribution in [0.2, 0.25) is 0 Å². The summed E-state index contributed by atoms with van der Waals surface area (Å²) in [6.45, 7) is 2.99. The lowest BCUT2D eigenvalue weighted by Crippen LogP contribution is -2.23. The minimum absolute atomic E-state index is 0.575. The molecule has 1 unspecified atom stereocenters. The van der Waals surface area contributed by atoms with E-state index in [-0.39, 0.29) is 0 Å². The van der Waals surface area contributed by atoms with E-state index in [0.29, 0.717) is 6.04 Å². The molecule has 70 valence electrons. The second-order valence-electron chi connectivity index (χ2n) is 3.11. The van der Waals surface area contributed by atoms with Crippen molar-refractivity contribution in [2.75, 3.05) is 5.75 Å². The van der Waals surface area contributed by atoms with Gasteiger partial charge in [0.15, 0.2) is 5.17 Å². The molecule has 1 fully saturated rings. The van der Waals surface area contributed by atoms with Gasteiger partial charge in [0.1, 0.15) is 0 Å². The smallest absolute Gasteiger partial charge is 0.157 e. The molecule has 0 bridgehead atoms. The molecule has 1 aliphatic rings. The summed E-state index contributed by atoms with van der Waals surface area (Å²) in [5.74, 6) is 1.14. The van der Waals surface area contributed by atoms with Gasteiger partial charge in [-0.15, -0.1) is 0 Å². The minimum atomic E-state index is 0.575. The highest BCUT2D eigenvalue weighted by Gasteiger charge is 2.14. The molecule has 2 heterocycles. The summed E-state index contributed by atoms with van der Waals surface area (Å²) in [7, 11) is 0. The molecule has 13 heavy (non-hydrogen) atoms. The second kappa shape index (κ2) is 4.15. The molecule has 2 rings (SSSR count). The Bertz CT molecular complexity index is 293. The van der Waals surface area contributed by atoms with Crippen LogP contribution in [0.15, 0.2) is 21.8 Å². The van der Waals surface area contributed by atoms with Crippen molar-refractivity contribution < 1.29 is 0 Å². The van der Waals surface area contributed by atoms with Crippen LogP contribution in [0.3, 0.4) is 0 Å². The number of nitrogens with one attached hydrogen (secondary N) is 1. The lowest BCUT2D eigenvalue weighted by Gasteiger charge is -1.99. The summed E-state index contributed by atoms with van der Waals surface area (Å²) in [4.78, 5) is 4.49. The second-order valence-corrected chi connectivity index (χ2v) is 4.90. The van der Waals surface area contributed by atoms with Gasteiger partial charge in [-0.1, -0.05) is 11.8 Å². The first-order valence-corrected chi connectivity index (χ1v) is 6.22. The Hall–Kier alpha value is -0.480. The molecule has 0 saturated carbocycles. The molecule has 1 aromatic rings. The molecule has 0 radical (unpaired) electrons. The number of amidine groups is 1. The fraction of sp³-hybridized carbons (Fsp3) is 0.444. The Morgan fingerprint density at radius 2 is 2.62 bits per heavy atom. The zero-order valence-corrected chi connectivity index (χ0v) is 9.12. The first-order valence-electron chi connectivity index (χ1n) is 4.29. The van der Waals surface area contributed by atoms with E-state index in [1.807, 2.05) is 11.8 Å². The van der Waals surface area contributed by atoms with Crippen molar-refractivity contribution in [1.29, 1.82) is 0 Å². The van der Waals surface area contributed by atoms with E-state index in [1.165, 1.54) is 5.56 Å². The summed E-state index contributed by atoms with van der Waals surface area (Å²) < 4.78 is 0. The van der Waals surface area contributed by atoms with E-state index >= 15 is 0 Å². The first kappa shape index (κ1) is 9.09. The lowest BCUT2D eigenvalue weighted by molar-refractivity contribution is 0.764. The highest BCUT2D eigenvalue weighted by Crippen LogP contribution is 2.14. The standard InChI is InChI=1S/C9H12N2S2/c1-7-5-13-9(11-7)10-4-8-2-3-12-6-8/h2-3,6-7H,4-5H2,1H3,(H,10,11). The molecule has 1 aromatic heterocycles. The predicted octanol–water partition coefficient (Wildman–Crippen LogP) is 2.33. The molecule has 0 aliphatic carbocycles. The third kappa shape index (κ3) is 2.48. The van der Waals surface area contributed by atoms with E-state index in [4.69, 9.17) is 0 Å². The van der Waals surface area contributed by atoms with Crippen molar-refractivity contribution in [3.63, 3.8) is 0 Å². The fourth-order valence-electron chi connectivity index (χ4n) is 1.14. The minimum Gasteiger partial charge on any atom is -0.362 e. The monoisotopic (exact) mass is 212 g/mol. The molecule has 1 saturated heterocycles. The lowest BCUT2D eigenvalue weighted by atomic mass is 10.3. The number of nitrogens with zero attached hydrogens (tertiary/aromatic N) is 1. The maximum atomic E-state index is 4.49. The van der Waals surface area contributed by atoms with Gasteiger partial charge in [-0.25, -0.2) is 0 Å². The summed E-state index contributed by atoms with van der Waals surface area (Å²) in [6.07, 6.45) is 0. The predicted molar refractivity (Wildman–Crippen MR) is 60.5 cm³/mol. The van der Waals surface area contributed by atoms with E-state index < -0.39 is 0 Å². The van der Waals surface area contributed by atoms with Crippen LogP contribution in [0.25, 0.3) is 0 Å². The Balaban J connectivity index is 1.91. The van der Waals surface area contributed by atoms with Gasteiger partial charge in [0, 0.05) is 11.8 Å². The number of rotatable bonds is 2. The van der Waals surface area contributed by atoms with Gasteiger partial charge < -0.3 is 5.32 Å². The van der Waals surface area contributed by atoms with Crippen LogP contribution in [0, 0.1) is 0 Å². The SMILES string of the molecule is CC1CSC(=NCc2ccsc2)N1. The van der Waals surface area contributed by atoms with Gasteiger partial charge in [-0.3, -0.25) is 4.99 Å². The van der Waals surface area contributed by atoms with Crippen LogP contribution in [0.5, 0.6) is 0 Å². The van der Waals surface area contributed by atoms with Gasteiger partial charge in [-0.05, 0) is 29.3 Å². The summed E-state index contributed by atoms with van der Waals surface area (Å²) in [5, 5.41) is 8.67. The average Bonchev–Trinajstić information content (AvgIpc) is 2.71. The zero-order chi connectivity index (χ0) is 9.10. The van der Waals surface area contributed by atoms with Gasteiger partial charge in [0.25, 0.3) is 0 Å². The Morgan fingerprint density at radius 3 is 3.23 bits per heavy atom. The molecule has 0 amide bonds. The Kier molecular flexibility index (Phi) is 2.90. The summed E-state index contributed by atoms with van der Waals surface area (Å²) in [6, 6.07) is 2.70. The molecule has 1 atom stereocenters. The van der Waals surface area contributed by atoms with Gasteiger partial charge in [0.2, 0.25) is 0 Å². The van der Waals surface area contributed by atoms with E-state index in [9.17, 15) is 0 Å². The van der Waals surface area contributed by atoms with Crippen LogP contribution in [0.4, 0.5) is 0 Å². The molecule has 4 heteroatoms. The highest BCUT2D eigenvalue weighted by molar-refractivity contribution is 8.14. The molecular weight excluding hydrogens is 200 g/mol. The average molecular weight is 212 g/mol. The van der Waals surface area contributed by atoms with Crippen LogP contribution in [-0.2, 0) is 6.54 Å². The highest BCUT2D eigenvalue weighted by atomic mass is 32.2. The summed E-state index contributed by atoms with van der Waals surface area (Å²) >= 11 is 3.54. The molecule has 2 nitrogen and oxygen atoms in total. The molecule has 0 aromatic carbocycles. The van der Waals surface area contributed by atoms with Crippen LogP contribution >= 0.6 is 23.1 Å². The zero-order valence-electron chi connectivity index (χ0n) is 7.49. The normalized spacial score (nSPS) is 25.0. The molecule has 1 N–H and O–H groups in total. The number of aliphatic imine (C=N–C) groups is 1. The number of thiophene rings is 1. The fourth-order valence-corrected chi connectivity index (χ4v) is 2.73. The number of hydrogen-bond donors (Lipinski definition) is 1. The first-order chi connectivity index (χ1) is 6.34. The molecular formula is C9H12N2S2. The van der Waals surface area contributed by atoms with Crippen molar-refractivity contribution >= 4 is 28.3 Å². The van der Waals surface area contributed by atoms with E-state index in [1.54, 1.807) is 11.3 Å². The van der Waals surface area contributed by atoms with Crippen molar-refractivity contribution in [3.8, 4) is 0 Å². The van der Waals surface area contributed by atoms with E-state index in [0.717, 1.165) is 17.5 Å². The molecule has 1 aliphatic heterocycles. The van der Waals surface area contributed by atoms with Crippen molar-refractivity contribution in [1.82, 2.24) is 5.32 Å². The maximum absolute atomic E-state index is 4.49. The van der Waals surface area contributed by atoms with Crippen molar-refractivity contribution in [2.24, 2.45) is 4.99 Å². The van der Waals surface area contributed by atoms with E-state index in [2.05, 4.69) is 34.1 Å². The Labute approximate surface area is 86.5 Å². The summed E-state index contributed by atoms with van der Waals surface area (Å²) in [5.41, 5.74) is 1.31.